The van der Waals surface area contributed by atoms with Crippen LogP contribution < -0.4 is 0 Å². The number of allylic oxidation sites excluding steroid dienone is 1. The summed E-state index contributed by atoms with van der Waals surface area (Å²) in [6.45, 7) is 10.8. The van der Waals surface area contributed by atoms with Crippen molar-refractivity contribution in [2.75, 3.05) is 0 Å². The Balaban J connectivity index is 2.96. The fourth-order valence-corrected chi connectivity index (χ4v) is 2.64. The summed E-state index contributed by atoms with van der Waals surface area (Å²) in [6.07, 6.45) is 7.20. The lowest BCUT2D eigenvalue weighted by molar-refractivity contribution is 0.449. The van der Waals surface area contributed by atoms with Gasteiger partial charge in [0.2, 0.25) is 0 Å². The van der Waals surface area contributed by atoms with Crippen LogP contribution in [0.1, 0.15) is 56.6 Å². The molecule has 0 heteroatoms. The summed E-state index contributed by atoms with van der Waals surface area (Å²) < 4.78 is 0. The minimum Gasteiger partial charge on any atom is -0.103 e. The summed E-state index contributed by atoms with van der Waals surface area (Å²) in [6, 6.07) is 8.81. The van der Waals surface area contributed by atoms with Gasteiger partial charge >= 0.3 is 0 Å². The van der Waals surface area contributed by atoms with Crippen LogP contribution in [-0.4, -0.2) is 0 Å². The minimum atomic E-state index is 0.614. The molecule has 1 aromatic carbocycles. The quantitative estimate of drug-likeness (QED) is 0.544. The van der Waals surface area contributed by atoms with Crippen LogP contribution in [0.15, 0.2) is 36.9 Å². The monoisotopic (exact) mass is 230 g/mol. The maximum atomic E-state index is 4.02. The molecule has 0 heterocycles. The highest BCUT2D eigenvalue weighted by Crippen LogP contribution is 2.34. The first-order valence-electron chi connectivity index (χ1n) is 6.92. The summed E-state index contributed by atoms with van der Waals surface area (Å²) in [5.41, 5.74) is 2.95. The lowest BCUT2D eigenvalue weighted by atomic mass is 9.79. The molecular formula is C17H26. The Morgan fingerprint density at radius 1 is 1.24 bits per heavy atom. The van der Waals surface area contributed by atoms with E-state index < -0.39 is 0 Å². The van der Waals surface area contributed by atoms with E-state index in [1.54, 1.807) is 0 Å². The minimum absolute atomic E-state index is 0.614. The number of hydrogen-bond acceptors (Lipinski definition) is 0. The van der Waals surface area contributed by atoms with Crippen LogP contribution in [0, 0.1) is 12.8 Å². The highest BCUT2D eigenvalue weighted by atomic mass is 14.2. The number of hydrogen-bond donors (Lipinski definition) is 0. The van der Waals surface area contributed by atoms with Gasteiger partial charge in [0.25, 0.3) is 0 Å². The van der Waals surface area contributed by atoms with Crippen molar-refractivity contribution in [2.24, 2.45) is 5.92 Å². The predicted molar refractivity (Wildman–Crippen MR) is 77.4 cm³/mol. The van der Waals surface area contributed by atoms with Crippen LogP contribution in [0.25, 0.3) is 0 Å². The zero-order valence-electron chi connectivity index (χ0n) is 11.6. The van der Waals surface area contributed by atoms with Crippen molar-refractivity contribution in [1.82, 2.24) is 0 Å². The third-order valence-electron chi connectivity index (χ3n) is 3.75. The summed E-state index contributed by atoms with van der Waals surface area (Å²) in [7, 11) is 0. The molecule has 2 unspecified atom stereocenters. The molecule has 0 radical (unpaired) electrons. The van der Waals surface area contributed by atoms with Crippen molar-refractivity contribution in [3.63, 3.8) is 0 Å². The first-order valence-corrected chi connectivity index (χ1v) is 6.92. The van der Waals surface area contributed by atoms with E-state index in [1.807, 2.05) is 0 Å². The van der Waals surface area contributed by atoms with E-state index in [2.05, 4.69) is 57.7 Å². The smallest absolute Gasteiger partial charge is 0.00966 e. The van der Waals surface area contributed by atoms with Gasteiger partial charge in [0.15, 0.2) is 0 Å². The number of rotatable bonds is 7. The molecule has 1 aromatic rings. The lowest BCUT2D eigenvalue weighted by Gasteiger charge is -2.25. The van der Waals surface area contributed by atoms with Gasteiger partial charge in [-0.3, -0.25) is 0 Å². The maximum absolute atomic E-state index is 4.02. The van der Waals surface area contributed by atoms with Crippen LogP contribution in [0.3, 0.4) is 0 Å². The van der Waals surface area contributed by atoms with Crippen LogP contribution in [0.5, 0.6) is 0 Å². The van der Waals surface area contributed by atoms with Gasteiger partial charge in [0, 0.05) is 0 Å². The number of benzene rings is 1. The van der Waals surface area contributed by atoms with E-state index in [1.165, 1.54) is 36.8 Å². The van der Waals surface area contributed by atoms with E-state index in [9.17, 15) is 0 Å². The van der Waals surface area contributed by atoms with Crippen molar-refractivity contribution in [2.45, 2.75) is 52.4 Å². The van der Waals surface area contributed by atoms with Crippen molar-refractivity contribution < 1.29 is 0 Å². The Bertz CT molecular complexity index is 338. The summed E-state index contributed by atoms with van der Waals surface area (Å²) in [5, 5.41) is 0. The SMILES string of the molecule is C=CC(CC)C(CCCC)c1ccccc1C. The predicted octanol–water partition coefficient (Wildman–Crippen LogP) is 5.48. The standard InChI is InChI=1S/C17H26/c1-5-8-12-17(15(6-2)7-3)16-13-10-9-11-14(16)4/h6,9-11,13,15,17H,2,5,7-8,12H2,1,3-4H3. The number of aryl methyl sites for hydroxylation is 1. The molecular weight excluding hydrogens is 204 g/mol. The van der Waals surface area contributed by atoms with Gasteiger partial charge in [0.05, 0.1) is 0 Å². The molecule has 0 fully saturated rings. The third kappa shape index (κ3) is 3.73. The first-order chi connectivity index (χ1) is 8.24. The largest absolute Gasteiger partial charge is 0.103 e. The first kappa shape index (κ1) is 14.0. The fourth-order valence-electron chi connectivity index (χ4n) is 2.64. The molecule has 0 amide bonds. The average Bonchev–Trinajstić information content (AvgIpc) is 2.36. The zero-order chi connectivity index (χ0) is 12.7. The van der Waals surface area contributed by atoms with Crippen molar-refractivity contribution in [1.29, 1.82) is 0 Å². The van der Waals surface area contributed by atoms with E-state index in [0.717, 1.165) is 0 Å². The van der Waals surface area contributed by atoms with Crippen LogP contribution >= 0.6 is 0 Å². The Morgan fingerprint density at radius 2 is 1.94 bits per heavy atom. The van der Waals surface area contributed by atoms with Gasteiger partial charge in [-0.2, -0.15) is 0 Å². The van der Waals surface area contributed by atoms with Gasteiger partial charge in [-0.15, -0.1) is 6.58 Å². The molecule has 17 heavy (non-hydrogen) atoms. The molecule has 0 aliphatic carbocycles. The normalized spacial score (nSPS) is 14.3. The second-order valence-corrected chi connectivity index (χ2v) is 4.91. The summed E-state index contributed by atoms with van der Waals surface area (Å²) in [4.78, 5) is 0. The molecule has 0 spiro atoms. The Labute approximate surface area is 107 Å². The molecule has 0 N–H and O–H groups in total. The Hall–Kier alpha value is -1.04. The molecule has 94 valence electrons. The molecule has 0 saturated carbocycles. The Kier molecular flexibility index (Phi) is 6.04. The molecule has 0 bridgehead atoms. The molecule has 0 aromatic heterocycles. The van der Waals surface area contributed by atoms with Crippen LogP contribution in [0.2, 0.25) is 0 Å². The molecule has 0 aliphatic heterocycles. The van der Waals surface area contributed by atoms with Gasteiger partial charge in [-0.1, -0.05) is 57.0 Å². The maximum Gasteiger partial charge on any atom is -0.00966 e. The third-order valence-corrected chi connectivity index (χ3v) is 3.75. The average molecular weight is 230 g/mol. The second-order valence-electron chi connectivity index (χ2n) is 4.91. The summed E-state index contributed by atoms with van der Waals surface area (Å²) in [5.74, 6) is 1.27. The fraction of sp³-hybridized carbons (Fsp3) is 0.529. The molecule has 2 atom stereocenters. The number of unbranched alkanes of at least 4 members (excludes halogenated alkanes) is 1. The summed E-state index contributed by atoms with van der Waals surface area (Å²) >= 11 is 0. The van der Waals surface area contributed by atoms with Gasteiger partial charge in [-0.05, 0) is 42.7 Å². The Morgan fingerprint density at radius 3 is 2.47 bits per heavy atom. The topological polar surface area (TPSA) is 0 Å². The van der Waals surface area contributed by atoms with Crippen LogP contribution in [-0.2, 0) is 0 Å². The zero-order valence-corrected chi connectivity index (χ0v) is 11.6. The van der Waals surface area contributed by atoms with E-state index in [-0.39, 0.29) is 0 Å². The van der Waals surface area contributed by atoms with E-state index >= 15 is 0 Å². The van der Waals surface area contributed by atoms with Gasteiger partial charge in [0.1, 0.15) is 0 Å². The highest BCUT2D eigenvalue weighted by Gasteiger charge is 2.19. The van der Waals surface area contributed by atoms with E-state index in [0.29, 0.717) is 11.8 Å². The lowest BCUT2D eigenvalue weighted by Crippen LogP contribution is -2.11. The van der Waals surface area contributed by atoms with E-state index in [4.69, 9.17) is 0 Å². The molecule has 1 rings (SSSR count). The van der Waals surface area contributed by atoms with Gasteiger partial charge in [-0.25, -0.2) is 0 Å². The molecule has 0 nitrogen and oxygen atoms in total. The van der Waals surface area contributed by atoms with Crippen molar-refractivity contribution in [3.05, 3.63) is 48.0 Å². The molecule has 0 saturated heterocycles. The molecule has 0 aliphatic rings. The van der Waals surface area contributed by atoms with Crippen molar-refractivity contribution in [3.8, 4) is 0 Å². The highest BCUT2D eigenvalue weighted by molar-refractivity contribution is 5.30. The second kappa shape index (κ2) is 7.32. The van der Waals surface area contributed by atoms with Crippen LogP contribution in [0.4, 0.5) is 0 Å². The van der Waals surface area contributed by atoms with Gasteiger partial charge < -0.3 is 0 Å². The van der Waals surface area contributed by atoms with Crippen molar-refractivity contribution >= 4 is 0 Å².